The second-order valence-corrected chi connectivity index (χ2v) is 6.63. The van der Waals surface area contributed by atoms with Crippen LogP contribution in [0.25, 0.3) is 0 Å². The Balaban J connectivity index is 2.40. The van der Waals surface area contributed by atoms with E-state index in [0.29, 0.717) is 11.1 Å². The van der Waals surface area contributed by atoms with Gasteiger partial charge in [0.2, 0.25) is 0 Å². The summed E-state index contributed by atoms with van der Waals surface area (Å²) in [6, 6.07) is 9.68. The standard InChI is InChI=1S/C15H14N2O5S/c1-10-6-7-14(9-15(10)17(19)20)23(21,22)16-13-5-3-4-12(8-13)11(2)18/h3-9,16H,1-2H3. The molecule has 0 aliphatic carbocycles. The summed E-state index contributed by atoms with van der Waals surface area (Å²) in [7, 11) is -3.99. The average Bonchev–Trinajstić information content (AvgIpc) is 2.46. The summed E-state index contributed by atoms with van der Waals surface area (Å²) < 4.78 is 27.0. The monoisotopic (exact) mass is 334 g/mol. The molecule has 1 N–H and O–H groups in total. The molecule has 0 fully saturated rings. The number of rotatable bonds is 5. The SMILES string of the molecule is CC(=O)c1cccc(NS(=O)(=O)c2ccc(C)c([N+](=O)[O-])c2)c1. The van der Waals surface area contributed by atoms with Crippen molar-refractivity contribution in [1.29, 1.82) is 0 Å². The molecule has 2 aromatic rings. The average molecular weight is 334 g/mol. The zero-order valence-electron chi connectivity index (χ0n) is 12.4. The summed E-state index contributed by atoms with van der Waals surface area (Å²) in [5.41, 5.74) is 0.666. The van der Waals surface area contributed by atoms with Crippen LogP contribution in [0.15, 0.2) is 47.4 Å². The molecule has 0 spiro atoms. The van der Waals surface area contributed by atoms with Gasteiger partial charge in [-0.3, -0.25) is 19.6 Å². The van der Waals surface area contributed by atoms with Crippen LogP contribution < -0.4 is 4.72 Å². The number of aryl methyl sites for hydroxylation is 1. The summed E-state index contributed by atoms with van der Waals surface area (Å²) in [4.78, 5) is 21.4. The number of nitrogens with one attached hydrogen (secondary N) is 1. The molecule has 0 atom stereocenters. The van der Waals surface area contributed by atoms with Crippen LogP contribution in [-0.4, -0.2) is 19.1 Å². The first kappa shape index (κ1) is 16.6. The molecule has 0 aliphatic rings. The topological polar surface area (TPSA) is 106 Å². The predicted octanol–water partition coefficient (Wildman–Crippen LogP) is 2.91. The lowest BCUT2D eigenvalue weighted by molar-refractivity contribution is -0.385. The number of sulfonamides is 1. The maximum absolute atomic E-state index is 12.4. The molecule has 0 radical (unpaired) electrons. The quantitative estimate of drug-likeness (QED) is 0.514. The van der Waals surface area contributed by atoms with Gasteiger partial charge in [0.15, 0.2) is 5.78 Å². The van der Waals surface area contributed by atoms with Crippen LogP contribution in [-0.2, 0) is 10.0 Å². The number of ketones is 1. The molecule has 0 bridgehead atoms. The maximum Gasteiger partial charge on any atom is 0.273 e. The zero-order chi connectivity index (χ0) is 17.2. The predicted molar refractivity (Wildman–Crippen MR) is 85.1 cm³/mol. The minimum absolute atomic E-state index is 0.197. The van der Waals surface area contributed by atoms with E-state index in [0.717, 1.165) is 6.07 Å². The Kier molecular flexibility index (Phi) is 4.46. The largest absolute Gasteiger partial charge is 0.295 e. The first-order chi connectivity index (χ1) is 10.7. The summed E-state index contributed by atoms with van der Waals surface area (Å²) in [6.07, 6.45) is 0. The number of hydrogen-bond acceptors (Lipinski definition) is 5. The Labute approximate surface area is 133 Å². The molecule has 7 nitrogen and oxygen atoms in total. The van der Waals surface area contributed by atoms with E-state index in [2.05, 4.69) is 4.72 Å². The van der Waals surface area contributed by atoms with Crippen molar-refractivity contribution in [3.05, 3.63) is 63.7 Å². The normalized spacial score (nSPS) is 11.0. The molecule has 8 heteroatoms. The number of nitrogens with zero attached hydrogens (tertiary/aromatic N) is 1. The summed E-state index contributed by atoms with van der Waals surface area (Å²) in [5, 5.41) is 10.9. The van der Waals surface area contributed by atoms with Gasteiger partial charge < -0.3 is 0 Å². The Hall–Kier alpha value is -2.74. The first-order valence-electron chi connectivity index (χ1n) is 6.59. The van der Waals surface area contributed by atoms with E-state index in [-0.39, 0.29) is 22.1 Å². The van der Waals surface area contributed by atoms with E-state index in [1.807, 2.05) is 0 Å². The fourth-order valence-electron chi connectivity index (χ4n) is 1.97. The minimum atomic E-state index is -3.99. The molecule has 0 saturated heterocycles. The fourth-order valence-corrected chi connectivity index (χ4v) is 3.04. The van der Waals surface area contributed by atoms with Gasteiger partial charge in [0.05, 0.1) is 9.82 Å². The lowest BCUT2D eigenvalue weighted by atomic mass is 10.1. The van der Waals surface area contributed by atoms with Crippen LogP contribution in [0.1, 0.15) is 22.8 Å². The van der Waals surface area contributed by atoms with Crippen molar-refractivity contribution in [2.75, 3.05) is 4.72 Å². The van der Waals surface area contributed by atoms with Crippen LogP contribution in [0.4, 0.5) is 11.4 Å². The van der Waals surface area contributed by atoms with Crippen molar-refractivity contribution in [2.24, 2.45) is 0 Å². The molecular weight excluding hydrogens is 320 g/mol. The highest BCUT2D eigenvalue weighted by Gasteiger charge is 2.20. The first-order valence-corrected chi connectivity index (χ1v) is 8.08. The van der Waals surface area contributed by atoms with Gasteiger partial charge in [-0.1, -0.05) is 18.2 Å². The van der Waals surface area contributed by atoms with Gasteiger partial charge in [-0.15, -0.1) is 0 Å². The van der Waals surface area contributed by atoms with Crippen molar-refractivity contribution in [3.63, 3.8) is 0 Å². The molecule has 0 unspecified atom stereocenters. The van der Waals surface area contributed by atoms with Crippen molar-refractivity contribution in [2.45, 2.75) is 18.7 Å². The zero-order valence-corrected chi connectivity index (χ0v) is 13.3. The maximum atomic E-state index is 12.4. The van der Waals surface area contributed by atoms with E-state index in [1.54, 1.807) is 12.1 Å². The van der Waals surface area contributed by atoms with E-state index in [1.165, 1.54) is 38.1 Å². The van der Waals surface area contributed by atoms with E-state index in [9.17, 15) is 23.3 Å². The number of benzene rings is 2. The van der Waals surface area contributed by atoms with Crippen LogP contribution in [0, 0.1) is 17.0 Å². The number of nitro benzene ring substituents is 1. The number of Topliss-reactive ketones (excluding diaryl/α,β-unsaturated/α-hetero) is 1. The van der Waals surface area contributed by atoms with Crippen LogP contribution >= 0.6 is 0 Å². The fraction of sp³-hybridized carbons (Fsp3) is 0.133. The third-order valence-electron chi connectivity index (χ3n) is 3.21. The molecule has 23 heavy (non-hydrogen) atoms. The molecule has 2 rings (SSSR count). The van der Waals surface area contributed by atoms with Crippen molar-refractivity contribution < 1.29 is 18.1 Å². The number of anilines is 1. The summed E-state index contributed by atoms with van der Waals surface area (Å²) >= 11 is 0. The molecule has 0 aliphatic heterocycles. The molecule has 0 amide bonds. The highest BCUT2D eigenvalue weighted by Crippen LogP contribution is 2.24. The lowest BCUT2D eigenvalue weighted by Gasteiger charge is -2.09. The van der Waals surface area contributed by atoms with Crippen molar-refractivity contribution in [3.8, 4) is 0 Å². The van der Waals surface area contributed by atoms with Gasteiger partial charge in [0.1, 0.15) is 0 Å². The Morgan fingerprint density at radius 1 is 1.17 bits per heavy atom. The van der Waals surface area contributed by atoms with E-state index in [4.69, 9.17) is 0 Å². The van der Waals surface area contributed by atoms with Crippen LogP contribution in [0.3, 0.4) is 0 Å². The molecule has 0 aromatic heterocycles. The minimum Gasteiger partial charge on any atom is -0.295 e. The number of hydrogen-bond donors (Lipinski definition) is 1. The van der Waals surface area contributed by atoms with E-state index < -0.39 is 14.9 Å². The third kappa shape index (κ3) is 3.72. The second-order valence-electron chi connectivity index (χ2n) is 4.95. The van der Waals surface area contributed by atoms with Gasteiger partial charge >= 0.3 is 0 Å². The van der Waals surface area contributed by atoms with Crippen molar-refractivity contribution >= 4 is 27.2 Å². The molecule has 0 heterocycles. The molecule has 0 saturated carbocycles. The lowest BCUT2D eigenvalue weighted by Crippen LogP contribution is -2.13. The Morgan fingerprint density at radius 3 is 2.48 bits per heavy atom. The summed E-state index contributed by atoms with van der Waals surface area (Å²) in [6.45, 7) is 2.90. The van der Waals surface area contributed by atoms with Crippen LogP contribution in [0.2, 0.25) is 0 Å². The Morgan fingerprint density at radius 2 is 1.87 bits per heavy atom. The Bertz CT molecular complexity index is 890. The van der Waals surface area contributed by atoms with E-state index >= 15 is 0 Å². The van der Waals surface area contributed by atoms with Gasteiger partial charge in [-0.05, 0) is 32.0 Å². The second kappa shape index (κ2) is 6.17. The molecular formula is C15H14N2O5S. The summed E-state index contributed by atoms with van der Waals surface area (Å²) in [5.74, 6) is -0.197. The van der Waals surface area contributed by atoms with Gasteiger partial charge in [0, 0.05) is 22.9 Å². The van der Waals surface area contributed by atoms with Gasteiger partial charge in [-0.2, -0.15) is 0 Å². The number of nitro groups is 1. The van der Waals surface area contributed by atoms with Gasteiger partial charge in [0.25, 0.3) is 15.7 Å². The van der Waals surface area contributed by atoms with Crippen LogP contribution in [0.5, 0.6) is 0 Å². The highest BCUT2D eigenvalue weighted by molar-refractivity contribution is 7.92. The molecule has 120 valence electrons. The smallest absolute Gasteiger partial charge is 0.273 e. The van der Waals surface area contributed by atoms with Crippen molar-refractivity contribution in [1.82, 2.24) is 0 Å². The molecule has 2 aromatic carbocycles. The number of carbonyl (C=O) groups is 1. The highest BCUT2D eigenvalue weighted by atomic mass is 32.2. The number of carbonyl (C=O) groups excluding carboxylic acids is 1. The third-order valence-corrected chi connectivity index (χ3v) is 4.59. The van der Waals surface area contributed by atoms with Gasteiger partial charge in [-0.25, -0.2) is 8.42 Å².